The van der Waals surface area contributed by atoms with Crippen molar-refractivity contribution < 1.29 is 14.3 Å². The van der Waals surface area contributed by atoms with Crippen molar-refractivity contribution in [1.82, 2.24) is 4.98 Å². The molecule has 2 heterocycles. The van der Waals surface area contributed by atoms with E-state index in [2.05, 4.69) is 10.3 Å². The summed E-state index contributed by atoms with van der Waals surface area (Å²) in [6, 6.07) is 7.94. The van der Waals surface area contributed by atoms with E-state index in [1.54, 1.807) is 18.3 Å². The maximum atomic E-state index is 12.5. The van der Waals surface area contributed by atoms with Crippen LogP contribution < -0.4 is 5.32 Å². The van der Waals surface area contributed by atoms with Crippen LogP contribution in [0.1, 0.15) is 40.6 Å². The molecule has 5 nitrogen and oxygen atoms in total. The molecule has 3 aromatic rings. The predicted molar refractivity (Wildman–Crippen MR) is 116 cm³/mol. The first-order chi connectivity index (χ1) is 13.7. The molecule has 0 aliphatic heterocycles. The third kappa shape index (κ3) is 4.09. The lowest BCUT2D eigenvalue weighted by atomic mass is 9.95. The van der Waals surface area contributed by atoms with Gasteiger partial charge in [0.05, 0.1) is 28.1 Å². The first kappa shape index (κ1) is 19.4. The zero-order valence-electron chi connectivity index (χ0n) is 15.4. The van der Waals surface area contributed by atoms with Gasteiger partial charge in [-0.25, -0.2) is 9.78 Å². The molecule has 0 saturated heterocycles. The number of anilines is 1. The average molecular weight is 433 g/mol. The van der Waals surface area contributed by atoms with Crippen LogP contribution in [0.2, 0.25) is 0 Å². The van der Waals surface area contributed by atoms with Gasteiger partial charge < -0.3 is 10.1 Å². The summed E-state index contributed by atoms with van der Waals surface area (Å²) in [7, 11) is 0. The number of ether oxygens (including phenoxy) is 1. The molecule has 28 heavy (non-hydrogen) atoms. The minimum absolute atomic E-state index is 0.131. The molecule has 1 aromatic carbocycles. The van der Waals surface area contributed by atoms with Gasteiger partial charge in [0, 0.05) is 4.88 Å². The van der Waals surface area contributed by atoms with Crippen LogP contribution in [-0.2, 0) is 22.4 Å². The highest BCUT2D eigenvalue weighted by Gasteiger charge is 2.27. The Bertz CT molecular complexity index is 992. The Morgan fingerprint density at radius 2 is 2.04 bits per heavy atom. The van der Waals surface area contributed by atoms with E-state index in [9.17, 15) is 9.59 Å². The van der Waals surface area contributed by atoms with Gasteiger partial charge in [0.2, 0.25) is 5.91 Å². The fourth-order valence-electron chi connectivity index (χ4n) is 3.28. The number of fused-ring (bicyclic) bond motifs is 2. The van der Waals surface area contributed by atoms with E-state index in [0.29, 0.717) is 17.2 Å². The number of para-hydroxylation sites is 1. The molecule has 0 fully saturated rings. The van der Waals surface area contributed by atoms with Crippen LogP contribution in [0.25, 0.3) is 10.2 Å². The highest BCUT2D eigenvalue weighted by Crippen LogP contribution is 2.39. The highest BCUT2D eigenvalue weighted by atomic mass is 32.2. The second kappa shape index (κ2) is 8.63. The number of carbonyl (C=O) groups excluding carboxylic acids is 2. The summed E-state index contributed by atoms with van der Waals surface area (Å²) in [6.45, 7) is 2.12. The summed E-state index contributed by atoms with van der Waals surface area (Å²) >= 11 is 4.51. The zero-order valence-corrected chi connectivity index (χ0v) is 17.9. The molecule has 0 spiro atoms. The first-order valence-electron chi connectivity index (χ1n) is 9.25. The van der Waals surface area contributed by atoms with Crippen LogP contribution in [0, 0.1) is 0 Å². The Labute approximate surface area is 175 Å². The minimum Gasteiger partial charge on any atom is -0.462 e. The van der Waals surface area contributed by atoms with Crippen molar-refractivity contribution in [2.75, 3.05) is 17.7 Å². The molecule has 146 valence electrons. The number of hydrogen-bond donors (Lipinski definition) is 1. The van der Waals surface area contributed by atoms with Crippen molar-refractivity contribution in [3.8, 4) is 0 Å². The van der Waals surface area contributed by atoms with Crippen LogP contribution in [0.15, 0.2) is 28.6 Å². The number of esters is 1. The van der Waals surface area contributed by atoms with E-state index in [1.165, 1.54) is 28.0 Å². The normalized spacial score (nSPS) is 13.3. The SMILES string of the molecule is CCOC(=O)c1c(NC(=O)CSc2nc3ccccc3s2)sc2c1CCCC2. The molecule has 1 aliphatic rings. The van der Waals surface area contributed by atoms with Crippen molar-refractivity contribution >= 4 is 61.5 Å². The second-order valence-electron chi connectivity index (χ2n) is 6.42. The van der Waals surface area contributed by atoms with Crippen molar-refractivity contribution in [2.24, 2.45) is 0 Å². The lowest BCUT2D eigenvalue weighted by molar-refractivity contribution is -0.113. The molecular formula is C20H20N2O3S3. The molecule has 0 atom stereocenters. The Hall–Kier alpha value is -1.90. The maximum absolute atomic E-state index is 12.5. The Balaban J connectivity index is 1.47. The number of thiophene rings is 1. The molecule has 8 heteroatoms. The summed E-state index contributed by atoms with van der Waals surface area (Å²) < 4.78 is 7.22. The van der Waals surface area contributed by atoms with Gasteiger partial charge >= 0.3 is 5.97 Å². The van der Waals surface area contributed by atoms with Crippen LogP contribution >= 0.6 is 34.4 Å². The lowest BCUT2D eigenvalue weighted by Crippen LogP contribution is -2.17. The second-order valence-corrected chi connectivity index (χ2v) is 9.78. The molecule has 1 aliphatic carbocycles. The molecule has 0 saturated carbocycles. The van der Waals surface area contributed by atoms with Crippen LogP contribution in [0.4, 0.5) is 5.00 Å². The van der Waals surface area contributed by atoms with Gasteiger partial charge in [-0.05, 0) is 50.3 Å². The maximum Gasteiger partial charge on any atom is 0.341 e. The molecule has 1 N–H and O–H groups in total. The molecule has 4 rings (SSSR count). The third-order valence-corrected chi connectivity index (χ3v) is 7.89. The number of nitrogens with one attached hydrogen (secondary N) is 1. The fraction of sp³-hybridized carbons (Fsp3) is 0.350. The van der Waals surface area contributed by atoms with Crippen molar-refractivity contribution in [3.63, 3.8) is 0 Å². The van der Waals surface area contributed by atoms with Crippen molar-refractivity contribution in [3.05, 3.63) is 40.3 Å². The molecular weight excluding hydrogens is 412 g/mol. The number of hydrogen-bond acceptors (Lipinski definition) is 7. The van der Waals surface area contributed by atoms with Gasteiger partial charge in [-0.15, -0.1) is 22.7 Å². The highest BCUT2D eigenvalue weighted by molar-refractivity contribution is 8.01. The Morgan fingerprint density at radius 3 is 2.86 bits per heavy atom. The number of benzene rings is 1. The number of amides is 1. The zero-order chi connectivity index (χ0) is 19.5. The van der Waals surface area contributed by atoms with E-state index < -0.39 is 0 Å². The van der Waals surface area contributed by atoms with Crippen LogP contribution in [-0.4, -0.2) is 29.2 Å². The smallest absolute Gasteiger partial charge is 0.341 e. The van der Waals surface area contributed by atoms with Crippen molar-refractivity contribution in [1.29, 1.82) is 0 Å². The number of thiazole rings is 1. The first-order valence-corrected chi connectivity index (χ1v) is 11.9. The minimum atomic E-state index is -0.337. The Kier molecular flexibility index (Phi) is 5.99. The number of rotatable bonds is 6. The van der Waals surface area contributed by atoms with E-state index >= 15 is 0 Å². The van der Waals surface area contributed by atoms with Crippen molar-refractivity contribution in [2.45, 2.75) is 36.9 Å². The summed E-state index contributed by atoms with van der Waals surface area (Å²) in [5, 5.41) is 3.57. The third-order valence-electron chi connectivity index (χ3n) is 4.50. The number of carbonyl (C=O) groups is 2. The van der Waals surface area contributed by atoms with Gasteiger partial charge in [-0.3, -0.25) is 4.79 Å². The van der Waals surface area contributed by atoms with Gasteiger partial charge in [-0.2, -0.15) is 0 Å². The number of nitrogens with zero attached hydrogens (tertiary/aromatic N) is 1. The van der Waals surface area contributed by atoms with E-state index in [1.807, 2.05) is 24.3 Å². The molecule has 2 aromatic heterocycles. The van der Waals surface area contributed by atoms with E-state index in [0.717, 1.165) is 45.8 Å². The predicted octanol–water partition coefficient (Wildman–Crippen LogP) is 5.14. The molecule has 0 bridgehead atoms. The summed E-state index contributed by atoms with van der Waals surface area (Å²) in [5.74, 6) is -0.214. The standard InChI is InChI=1S/C20H20N2O3S3/c1-2-25-19(24)17-12-7-3-5-9-14(12)27-18(17)22-16(23)11-26-20-21-13-8-4-6-10-15(13)28-20/h4,6,8,10H,2-3,5,7,9,11H2,1H3,(H,22,23). The fourth-order valence-corrected chi connectivity index (χ4v) is 6.44. The van der Waals surface area contributed by atoms with E-state index in [4.69, 9.17) is 4.74 Å². The summed E-state index contributed by atoms with van der Waals surface area (Å²) in [4.78, 5) is 30.8. The topological polar surface area (TPSA) is 68.3 Å². The number of aromatic nitrogens is 1. The van der Waals surface area contributed by atoms with Gasteiger partial charge in [0.1, 0.15) is 5.00 Å². The van der Waals surface area contributed by atoms with E-state index in [-0.39, 0.29) is 17.6 Å². The molecule has 0 unspecified atom stereocenters. The van der Waals surface area contributed by atoms with Gasteiger partial charge in [-0.1, -0.05) is 23.9 Å². The molecule has 0 radical (unpaired) electrons. The quantitative estimate of drug-likeness (QED) is 0.431. The van der Waals surface area contributed by atoms with Gasteiger partial charge in [0.25, 0.3) is 0 Å². The van der Waals surface area contributed by atoms with Crippen LogP contribution in [0.5, 0.6) is 0 Å². The van der Waals surface area contributed by atoms with Gasteiger partial charge in [0.15, 0.2) is 4.34 Å². The summed E-state index contributed by atoms with van der Waals surface area (Å²) in [5.41, 5.74) is 2.56. The average Bonchev–Trinajstić information content (AvgIpc) is 3.27. The molecule has 1 amide bonds. The lowest BCUT2D eigenvalue weighted by Gasteiger charge is -2.12. The van der Waals surface area contributed by atoms with Crippen LogP contribution in [0.3, 0.4) is 0 Å². The Morgan fingerprint density at radius 1 is 1.21 bits per heavy atom. The monoisotopic (exact) mass is 432 g/mol. The largest absolute Gasteiger partial charge is 0.462 e. The number of thioether (sulfide) groups is 1. The summed E-state index contributed by atoms with van der Waals surface area (Å²) in [6.07, 6.45) is 4.02. The number of aryl methyl sites for hydroxylation is 1.